The zero-order valence-corrected chi connectivity index (χ0v) is 15.9. The van der Waals surface area contributed by atoms with Gasteiger partial charge in [-0.1, -0.05) is 29.4 Å². The summed E-state index contributed by atoms with van der Waals surface area (Å²) in [6.45, 7) is 0. The van der Waals surface area contributed by atoms with Crippen LogP contribution in [-0.4, -0.2) is 16.2 Å². The summed E-state index contributed by atoms with van der Waals surface area (Å²) in [6, 6.07) is 13.9. The molecule has 3 aromatic rings. The average Bonchev–Trinajstić information content (AvgIpc) is 3.38. The molecule has 0 spiro atoms. The molecule has 1 heterocycles. The molecule has 0 bridgehead atoms. The Labute approximate surface area is 168 Å². The molecule has 1 aliphatic carbocycles. The molecule has 0 unspecified atom stereocenters. The first kappa shape index (κ1) is 19.6. The van der Waals surface area contributed by atoms with E-state index in [2.05, 4.69) is 5.16 Å². The smallest absolute Gasteiger partial charge is 0.416 e. The molecule has 8 heteroatoms. The molecule has 1 fully saturated rings. The minimum Gasteiger partial charge on any atom is -0.481 e. The number of carboxylic acid groups (broad SMARTS) is 1. The number of nitrogens with zero attached hydrogens (tertiary/aromatic N) is 1. The van der Waals surface area contributed by atoms with Crippen LogP contribution >= 0.6 is 11.8 Å². The van der Waals surface area contributed by atoms with Crippen molar-refractivity contribution in [1.82, 2.24) is 5.16 Å². The third kappa shape index (κ3) is 4.03. The van der Waals surface area contributed by atoms with E-state index in [0.717, 1.165) is 22.6 Å². The normalized spacial score (nSPS) is 15.3. The number of aliphatic carboxylic acids is 1. The summed E-state index contributed by atoms with van der Waals surface area (Å²) >= 11 is 1.52. The van der Waals surface area contributed by atoms with Gasteiger partial charge in [-0.15, -0.1) is 11.8 Å². The Morgan fingerprint density at radius 3 is 2.31 bits per heavy atom. The topological polar surface area (TPSA) is 63.3 Å². The Kier molecular flexibility index (Phi) is 4.90. The van der Waals surface area contributed by atoms with Gasteiger partial charge >= 0.3 is 12.1 Å². The number of hydrogen-bond acceptors (Lipinski definition) is 4. The van der Waals surface area contributed by atoms with E-state index >= 15 is 0 Å². The minimum atomic E-state index is -4.37. The van der Waals surface area contributed by atoms with Gasteiger partial charge < -0.3 is 9.63 Å². The Hall–Kier alpha value is -2.74. The molecule has 0 aliphatic heterocycles. The van der Waals surface area contributed by atoms with Crippen LogP contribution in [0.25, 0.3) is 11.3 Å². The first-order valence-electron chi connectivity index (χ1n) is 8.88. The molecule has 1 saturated carbocycles. The van der Waals surface area contributed by atoms with Crippen molar-refractivity contribution in [3.63, 3.8) is 0 Å². The largest absolute Gasteiger partial charge is 0.481 e. The molecule has 29 heavy (non-hydrogen) atoms. The number of thioether (sulfide) groups is 1. The van der Waals surface area contributed by atoms with E-state index in [1.807, 2.05) is 24.3 Å². The summed E-state index contributed by atoms with van der Waals surface area (Å²) in [5, 5.41) is 13.3. The van der Waals surface area contributed by atoms with Gasteiger partial charge in [0.1, 0.15) is 0 Å². The van der Waals surface area contributed by atoms with Gasteiger partial charge in [-0.25, -0.2) is 0 Å². The quantitative estimate of drug-likeness (QED) is 0.514. The van der Waals surface area contributed by atoms with Crippen LogP contribution in [0.15, 0.2) is 64.0 Å². The summed E-state index contributed by atoms with van der Waals surface area (Å²) in [5.74, 6) is 0.145. The lowest BCUT2D eigenvalue weighted by Crippen LogP contribution is -2.19. The van der Waals surface area contributed by atoms with E-state index in [9.17, 15) is 23.1 Å². The first-order valence-corrected chi connectivity index (χ1v) is 9.86. The van der Waals surface area contributed by atoms with Gasteiger partial charge in [0.05, 0.1) is 16.7 Å². The lowest BCUT2D eigenvalue weighted by Gasteiger charge is -2.10. The molecular weight excluding hydrogens is 403 g/mol. The van der Waals surface area contributed by atoms with Crippen LogP contribution in [-0.2, 0) is 22.1 Å². The van der Waals surface area contributed by atoms with Crippen LogP contribution in [0, 0.1) is 0 Å². The molecule has 0 radical (unpaired) electrons. The van der Waals surface area contributed by atoms with E-state index in [1.54, 1.807) is 6.07 Å². The highest BCUT2D eigenvalue weighted by molar-refractivity contribution is 7.98. The fraction of sp³-hybridized carbons (Fsp3) is 0.238. The van der Waals surface area contributed by atoms with Crippen molar-refractivity contribution in [2.75, 3.05) is 0 Å². The second-order valence-electron chi connectivity index (χ2n) is 6.96. The summed E-state index contributed by atoms with van der Waals surface area (Å²) < 4.78 is 43.2. The van der Waals surface area contributed by atoms with Gasteiger partial charge in [-0.2, -0.15) is 13.2 Å². The third-order valence-electron chi connectivity index (χ3n) is 5.01. The van der Waals surface area contributed by atoms with E-state index in [-0.39, 0.29) is 0 Å². The number of rotatable bonds is 6. The van der Waals surface area contributed by atoms with Crippen molar-refractivity contribution < 1.29 is 27.6 Å². The van der Waals surface area contributed by atoms with Crippen LogP contribution in [0.3, 0.4) is 0 Å². The van der Waals surface area contributed by atoms with Crippen LogP contribution in [0.4, 0.5) is 13.2 Å². The van der Waals surface area contributed by atoms with Crippen molar-refractivity contribution in [3.05, 3.63) is 71.4 Å². The third-order valence-corrected chi connectivity index (χ3v) is 6.05. The predicted octanol–water partition coefficient (Wildman–Crippen LogP) is 5.77. The van der Waals surface area contributed by atoms with Crippen LogP contribution < -0.4 is 0 Å². The first-order chi connectivity index (χ1) is 13.8. The highest BCUT2D eigenvalue weighted by atomic mass is 32.2. The Balaban J connectivity index is 1.39. The molecule has 0 saturated heterocycles. The summed E-state index contributed by atoms with van der Waals surface area (Å²) in [7, 11) is 0. The number of hydrogen-bond donors (Lipinski definition) is 1. The lowest BCUT2D eigenvalue weighted by atomic mass is 9.96. The molecule has 0 amide bonds. The molecular formula is C21H16F3NO3S. The zero-order valence-electron chi connectivity index (χ0n) is 15.1. The molecule has 1 N–H and O–H groups in total. The summed E-state index contributed by atoms with van der Waals surface area (Å²) in [4.78, 5) is 12.4. The number of aromatic nitrogens is 1. The van der Waals surface area contributed by atoms with Crippen LogP contribution in [0.5, 0.6) is 0 Å². The number of alkyl halides is 3. The van der Waals surface area contributed by atoms with Crippen LogP contribution in [0.1, 0.15) is 29.7 Å². The maximum atomic E-state index is 12.7. The Morgan fingerprint density at radius 2 is 1.76 bits per heavy atom. The van der Waals surface area contributed by atoms with Crippen LogP contribution in [0.2, 0.25) is 0 Å². The highest BCUT2D eigenvalue weighted by Gasteiger charge is 2.51. The SMILES string of the molecule is O=C(O)C1(c2ccc(SCc3cc(-c4ccc(C(F)(F)F)cc4)on3)cc2)CC1. The predicted molar refractivity (Wildman–Crippen MR) is 101 cm³/mol. The van der Waals surface area contributed by atoms with E-state index in [1.165, 1.54) is 23.9 Å². The fourth-order valence-electron chi connectivity index (χ4n) is 3.12. The van der Waals surface area contributed by atoms with E-state index < -0.39 is 23.1 Å². The van der Waals surface area contributed by atoms with Gasteiger partial charge in [-0.05, 0) is 42.7 Å². The standard InChI is InChI=1S/C21H16F3NO3S/c22-21(23,24)15-3-1-13(2-4-15)18-11-16(25-28-18)12-29-17-7-5-14(6-8-17)20(9-10-20)19(26)27/h1-8,11H,9-10,12H2,(H,26,27). The lowest BCUT2D eigenvalue weighted by molar-refractivity contribution is -0.140. The fourth-order valence-corrected chi connectivity index (χ4v) is 3.90. The molecule has 4 rings (SSSR count). The van der Waals surface area contributed by atoms with Gasteiger partial charge in [0.25, 0.3) is 0 Å². The van der Waals surface area contributed by atoms with Crippen molar-refractivity contribution in [1.29, 1.82) is 0 Å². The number of carboxylic acids is 1. The molecule has 0 atom stereocenters. The molecule has 4 nitrogen and oxygen atoms in total. The molecule has 1 aromatic heterocycles. The summed E-state index contributed by atoms with van der Waals surface area (Å²) in [5.41, 5.74) is 0.579. The average molecular weight is 419 g/mol. The van der Waals surface area contributed by atoms with Crippen molar-refractivity contribution in [2.24, 2.45) is 0 Å². The number of carbonyl (C=O) groups is 1. The zero-order chi connectivity index (χ0) is 20.6. The molecule has 2 aromatic carbocycles. The molecule has 1 aliphatic rings. The van der Waals surface area contributed by atoms with Crippen molar-refractivity contribution in [2.45, 2.75) is 35.1 Å². The number of benzene rings is 2. The Bertz CT molecular complexity index is 1020. The maximum Gasteiger partial charge on any atom is 0.416 e. The van der Waals surface area contributed by atoms with Gasteiger partial charge in [-0.3, -0.25) is 4.79 Å². The van der Waals surface area contributed by atoms with Crippen molar-refractivity contribution >= 4 is 17.7 Å². The van der Waals surface area contributed by atoms with Gasteiger partial charge in [0, 0.05) is 22.3 Å². The molecule has 150 valence electrons. The van der Waals surface area contributed by atoms with E-state index in [0.29, 0.717) is 35.6 Å². The Morgan fingerprint density at radius 1 is 1.10 bits per heavy atom. The highest BCUT2D eigenvalue weighted by Crippen LogP contribution is 2.48. The van der Waals surface area contributed by atoms with Gasteiger partial charge in [0.15, 0.2) is 5.76 Å². The monoisotopic (exact) mass is 419 g/mol. The number of halogens is 3. The summed E-state index contributed by atoms with van der Waals surface area (Å²) in [6.07, 6.45) is -3.04. The minimum absolute atomic E-state index is 0.404. The van der Waals surface area contributed by atoms with Gasteiger partial charge in [0.2, 0.25) is 0 Å². The van der Waals surface area contributed by atoms with Crippen molar-refractivity contribution in [3.8, 4) is 11.3 Å². The second kappa shape index (κ2) is 7.26. The van der Waals surface area contributed by atoms with E-state index in [4.69, 9.17) is 4.52 Å². The maximum absolute atomic E-state index is 12.7. The second-order valence-corrected chi connectivity index (χ2v) is 8.01.